The Morgan fingerprint density at radius 2 is 1.81 bits per heavy atom. The van der Waals surface area contributed by atoms with Crippen molar-refractivity contribution < 1.29 is 9.84 Å². The minimum absolute atomic E-state index is 0.0456. The van der Waals surface area contributed by atoms with Crippen molar-refractivity contribution in [2.24, 2.45) is 5.18 Å². The summed E-state index contributed by atoms with van der Waals surface area (Å²) in [5, 5.41) is 16.2. The van der Waals surface area contributed by atoms with Crippen LogP contribution in [0.3, 0.4) is 0 Å². The van der Waals surface area contributed by atoms with E-state index in [1.54, 1.807) is 22.8 Å². The molecule has 0 spiro atoms. The summed E-state index contributed by atoms with van der Waals surface area (Å²) in [4.78, 5) is 11.1. The molecule has 1 aromatic heterocycles. The fraction of sp³-hybridized carbons (Fsp3) is 0.100. The van der Waals surface area contributed by atoms with E-state index in [-0.39, 0.29) is 11.6 Å². The minimum Gasteiger partial charge on any atom is -0.493 e. The molecule has 1 N–H and O–H groups in total. The van der Waals surface area contributed by atoms with E-state index < -0.39 is 0 Å². The molecule has 0 bridgehead atoms. The van der Waals surface area contributed by atoms with Crippen LogP contribution in [0.15, 0.2) is 65.8 Å². The van der Waals surface area contributed by atoms with E-state index in [0.29, 0.717) is 29.1 Å². The third-order valence-corrected chi connectivity index (χ3v) is 4.72. The molecule has 5 nitrogen and oxygen atoms in total. The van der Waals surface area contributed by atoms with Crippen molar-refractivity contribution >= 4 is 39.0 Å². The predicted molar refractivity (Wildman–Crippen MR) is 104 cm³/mol. The monoisotopic (exact) mass is 366 g/mol. The van der Waals surface area contributed by atoms with E-state index in [0.717, 1.165) is 16.5 Å². The molecule has 0 radical (unpaired) electrons. The molecule has 0 atom stereocenters. The Morgan fingerprint density at radius 1 is 1.04 bits per heavy atom. The number of halogens is 1. The van der Waals surface area contributed by atoms with Gasteiger partial charge in [0.25, 0.3) is 0 Å². The molecule has 0 aliphatic carbocycles. The van der Waals surface area contributed by atoms with Gasteiger partial charge in [0, 0.05) is 5.39 Å². The zero-order valence-electron chi connectivity index (χ0n) is 13.7. The van der Waals surface area contributed by atoms with Gasteiger partial charge in [0.2, 0.25) is 5.88 Å². The smallest absolute Gasteiger partial charge is 0.222 e. The van der Waals surface area contributed by atoms with E-state index in [1.165, 1.54) is 0 Å². The Hall–Kier alpha value is -3.05. The molecule has 4 aromatic rings. The number of hydrogen-bond acceptors (Lipinski definition) is 4. The second-order valence-electron chi connectivity index (χ2n) is 5.87. The molecule has 0 fully saturated rings. The van der Waals surface area contributed by atoms with E-state index in [1.807, 2.05) is 42.5 Å². The van der Waals surface area contributed by atoms with Crippen LogP contribution in [-0.2, 0) is 6.54 Å². The zero-order chi connectivity index (χ0) is 18.1. The molecule has 0 aliphatic heterocycles. The number of benzene rings is 3. The van der Waals surface area contributed by atoms with E-state index in [9.17, 15) is 10.0 Å². The summed E-state index contributed by atoms with van der Waals surface area (Å²) in [6.45, 7) is 0.664. The first-order valence-electron chi connectivity index (χ1n) is 8.14. The number of hydrogen-bond donors (Lipinski definition) is 1. The maximum absolute atomic E-state index is 11.1. The highest BCUT2D eigenvalue weighted by molar-refractivity contribution is 6.36. The van der Waals surface area contributed by atoms with Crippen molar-refractivity contribution in [1.82, 2.24) is 4.57 Å². The first kappa shape index (κ1) is 16.4. The van der Waals surface area contributed by atoms with Crippen LogP contribution in [0.4, 0.5) is 5.69 Å². The zero-order valence-corrected chi connectivity index (χ0v) is 14.5. The molecule has 26 heavy (non-hydrogen) atoms. The van der Waals surface area contributed by atoms with Gasteiger partial charge in [-0.15, -0.1) is 4.91 Å². The van der Waals surface area contributed by atoms with Crippen molar-refractivity contribution in [3.63, 3.8) is 0 Å². The number of ether oxygens (including phenoxy) is 1. The normalized spacial score (nSPS) is 11.1. The van der Waals surface area contributed by atoms with Crippen LogP contribution in [0.1, 0.15) is 0 Å². The van der Waals surface area contributed by atoms with Gasteiger partial charge in [-0.3, -0.25) is 0 Å². The second kappa shape index (κ2) is 6.69. The van der Waals surface area contributed by atoms with Gasteiger partial charge in [-0.05, 0) is 28.8 Å². The van der Waals surface area contributed by atoms with Gasteiger partial charge in [0.05, 0.1) is 22.5 Å². The predicted octanol–water partition coefficient (Wildman–Crippen LogP) is 5.63. The summed E-state index contributed by atoms with van der Waals surface area (Å²) in [5.41, 5.74) is 0.599. The fourth-order valence-electron chi connectivity index (χ4n) is 3.21. The minimum atomic E-state index is -0.204. The van der Waals surface area contributed by atoms with Gasteiger partial charge >= 0.3 is 0 Å². The molecule has 0 unspecified atom stereocenters. The number of aromatic nitrogens is 1. The van der Waals surface area contributed by atoms with E-state index in [2.05, 4.69) is 5.18 Å². The van der Waals surface area contributed by atoms with Gasteiger partial charge in [0.1, 0.15) is 12.4 Å². The van der Waals surface area contributed by atoms with Crippen LogP contribution < -0.4 is 4.74 Å². The highest BCUT2D eigenvalue weighted by atomic mass is 35.5. The lowest BCUT2D eigenvalue weighted by Crippen LogP contribution is -2.07. The van der Waals surface area contributed by atoms with Crippen molar-refractivity contribution in [2.75, 3.05) is 6.61 Å². The topological polar surface area (TPSA) is 63.8 Å². The third-order valence-electron chi connectivity index (χ3n) is 4.40. The summed E-state index contributed by atoms with van der Waals surface area (Å²) in [7, 11) is 0. The number of rotatable bonds is 5. The number of fused-ring (bicyclic) bond motifs is 2. The third kappa shape index (κ3) is 2.66. The van der Waals surface area contributed by atoms with Crippen LogP contribution in [0.5, 0.6) is 11.6 Å². The Labute approximate surface area is 154 Å². The van der Waals surface area contributed by atoms with Gasteiger partial charge in [0.15, 0.2) is 5.69 Å². The Bertz CT molecular complexity index is 1120. The van der Waals surface area contributed by atoms with Crippen LogP contribution in [-0.4, -0.2) is 16.3 Å². The van der Waals surface area contributed by atoms with Crippen LogP contribution in [0.25, 0.3) is 21.7 Å². The first-order valence-corrected chi connectivity index (χ1v) is 8.52. The molecular formula is C20H15ClN2O3. The summed E-state index contributed by atoms with van der Waals surface area (Å²) in [5.74, 6) is 0.565. The maximum Gasteiger partial charge on any atom is 0.222 e. The Kier molecular flexibility index (Phi) is 4.22. The summed E-state index contributed by atoms with van der Waals surface area (Å²) in [6, 6.07) is 19.1. The van der Waals surface area contributed by atoms with Crippen molar-refractivity contribution in [3.8, 4) is 11.6 Å². The highest BCUT2D eigenvalue weighted by Crippen LogP contribution is 2.42. The van der Waals surface area contributed by atoms with Crippen LogP contribution >= 0.6 is 11.6 Å². The molecule has 6 heteroatoms. The summed E-state index contributed by atoms with van der Waals surface area (Å²) < 4.78 is 7.51. The van der Waals surface area contributed by atoms with E-state index >= 15 is 0 Å². The molecule has 130 valence electrons. The Morgan fingerprint density at radius 3 is 2.65 bits per heavy atom. The lowest BCUT2D eigenvalue weighted by Gasteiger charge is -2.11. The van der Waals surface area contributed by atoms with Crippen LogP contribution in [0, 0.1) is 4.91 Å². The average molecular weight is 367 g/mol. The maximum atomic E-state index is 11.1. The van der Waals surface area contributed by atoms with Crippen molar-refractivity contribution in [1.29, 1.82) is 0 Å². The quantitative estimate of drug-likeness (QED) is 0.465. The molecule has 1 heterocycles. The van der Waals surface area contributed by atoms with Crippen molar-refractivity contribution in [2.45, 2.75) is 6.54 Å². The standard InChI is InChI=1S/C20H15ClN2O3/c21-15-8-4-9-16-18(15)19(22-25)20(24)23(16)11-12-26-17-10-3-6-13-5-1-2-7-14(13)17/h1-10,24H,11-12H2. The Balaban J connectivity index is 1.63. The summed E-state index contributed by atoms with van der Waals surface area (Å²) in [6.07, 6.45) is 0. The first-order chi connectivity index (χ1) is 12.7. The van der Waals surface area contributed by atoms with Gasteiger partial charge in [-0.25, -0.2) is 0 Å². The SMILES string of the molecule is O=Nc1c(O)n(CCOc2cccc3ccccc23)c2cccc(Cl)c12. The molecular weight excluding hydrogens is 352 g/mol. The second-order valence-corrected chi connectivity index (χ2v) is 6.28. The molecule has 0 aliphatic rings. The molecule has 0 saturated carbocycles. The van der Waals surface area contributed by atoms with Gasteiger partial charge in [-0.1, -0.05) is 54.1 Å². The fourth-order valence-corrected chi connectivity index (χ4v) is 3.47. The van der Waals surface area contributed by atoms with Gasteiger partial charge in [-0.2, -0.15) is 0 Å². The lowest BCUT2D eigenvalue weighted by molar-refractivity contribution is 0.293. The number of aromatic hydroxyl groups is 1. The van der Waals surface area contributed by atoms with Crippen molar-refractivity contribution in [3.05, 3.63) is 70.6 Å². The average Bonchev–Trinajstić information content (AvgIpc) is 2.94. The van der Waals surface area contributed by atoms with Gasteiger partial charge < -0.3 is 14.4 Å². The molecule has 4 rings (SSSR count). The largest absolute Gasteiger partial charge is 0.493 e. The lowest BCUT2D eigenvalue weighted by atomic mass is 10.1. The molecule has 0 amide bonds. The molecule has 3 aromatic carbocycles. The summed E-state index contributed by atoms with van der Waals surface area (Å²) >= 11 is 6.17. The highest BCUT2D eigenvalue weighted by Gasteiger charge is 2.19. The number of nitrogens with zero attached hydrogens (tertiary/aromatic N) is 2. The molecule has 0 saturated heterocycles. The number of nitroso groups, excluding NO2 is 1. The van der Waals surface area contributed by atoms with Crippen LogP contribution in [0.2, 0.25) is 5.02 Å². The van der Waals surface area contributed by atoms with E-state index in [4.69, 9.17) is 16.3 Å².